The highest BCUT2D eigenvalue weighted by atomic mass is 32.2. The molecule has 2 rings (SSSR count). The molecule has 16 heavy (non-hydrogen) atoms. The summed E-state index contributed by atoms with van der Waals surface area (Å²) in [6.07, 6.45) is 4.95. The van der Waals surface area contributed by atoms with Gasteiger partial charge >= 0.3 is 0 Å². The normalized spacial score (nSPS) is 19.4. The lowest BCUT2D eigenvalue weighted by Crippen LogP contribution is -2.33. The quantitative estimate of drug-likeness (QED) is 0.810. The Morgan fingerprint density at radius 1 is 1.31 bits per heavy atom. The molecule has 0 radical (unpaired) electrons. The first kappa shape index (κ1) is 12.0. The Kier molecular flexibility index (Phi) is 4.30. The largest absolute Gasteiger partial charge is 0.306 e. The third-order valence-electron chi connectivity index (χ3n) is 3.13. The van der Waals surface area contributed by atoms with Crippen LogP contribution in [0, 0.1) is 5.92 Å². The average molecular weight is 235 g/mol. The van der Waals surface area contributed by atoms with Gasteiger partial charge in [-0.1, -0.05) is 30.3 Å². The third kappa shape index (κ3) is 3.26. The van der Waals surface area contributed by atoms with E-state index in [4.69, 9.17) is 0 Å². The van der Waals surface area contributed by atoms with Crippen molar-refractivity contribution in [3.8, 4) is 0 Å². The fourth-order valence-electron chi connectivity index (χ4n) is 2.20. The van der Waals surface area contributed by atoms with Gasteiger partial charge in [0.25, 0.3) is 0 Å². The fraction of sp³-hybridized carbons (Fsp3) is 0.571. The summed E-state index contributed by atoms with van der Waals surface area (Å²) in [5.41, 5.74) is 1.46. The minimum Gasteiger partial charge on any atom is -0.306 e. The maximum absolute atomic E-state index is 3.78. The van der Waals surface area contributed by atoms with Crippen molar-refractivity contribution >= 4 is 11.8 Å². The van der Waals surface area contributed by atoms with Gasteiger partial charge in [-0.3, -0.25) is 0 Å². The molecule has 1 fully saturated rings. The first-order valence-electron chi connectivity index (χ1n) is 6.11. The molecule has 1 aromatic carbocycles. The molecule has 1 aromatic rings. The van der Waals surface area contributed by atoms with Gasteiger partial charge in [0.15, 0.2) is 0 Å². The van der Waals surface area contributed by atoms with Crippen molar-refractivity contribution in [3.63, 3.8) is 0 Å². The molecule has 0 aromatic heterocycles. The van der Waals surface area contributed by atoms with Gasteiger partial charge < -0.3 is 5.32 Å². The van der Waals surface area contributed by atoms with Crippen LogP contribution in [0.15, 0.2) is 30.3 Å². The average Bonchev–Trinajstić information content (AvgIpc) is 3.11. The van der Waals surface area contributed by atoms with Crippen LogP contribution in [0.3, 0.4) is 0 Å². The predicted octanol–water partition coefficient (Wildman–Crippen LogP) is 3.48. The summed E-state index contributed by atoms with van der Waals surface area (Å²) in [5, 5.41) is 3.78. The Morgan fingerprint density at radius 2 is 2.00 bits per heavy atom. The van der Waals surface area contributed by atoms with Crippen LogP contribution >= 0.6 is 11.8 Å². The second-order valence-corrected chi connectivity index (χ2v) is 5.66. The first-order valence-corrected chi connectivity index (χ1v) is 7.50. The zero-order chi connectivity index (χ0) is 11.4. The van der Waals surface area contributed by atoms with Crippen molar-refractivity contribution in [2.75, 3.05) is 12.0 Å². The second kappa shape index (κ2) is 5.74. The zero-order valence-electron chi connectivity index (χ0n) is 10.1. The molecule has 0 saturated heterocycles. The van der Waals surface area contributed by atoms with Crippen molar-refractivity contribution in [1.29, 1.82) is 0 Å². The lowest BCUT2D eigenvalue weighted by Gasteiger charge is -2.23. The molecule has 0 heterocycles. The minimum atomic E-state index is 0.573. The van der Waals surface area contributed by atoms with Crippen LogP contribution in [0.5, 0.6) is 0 Å². The van der Waals surface area contributed by atoms with E-state index in [2.05, 4.69) is 48.8 Å². The summed E-state index contributed by atoms with van der Waals surface area (Å²) >= 11 is 1.92. The van der Waals surface area contributed by atoms with Gasteiger partial charge in [0.1, 0.15) is 0 Å². The van der Waals surface area contributed by atoms with Crippen LogP contribution in [0.2, 0.25) is 0 Å². The summed E-state index contributed by atoms with van der Waals surface area (Å²) in [4.78, 5) is 0. The summed E-state index contributed by atoms with van der Waals surface area (Å²) < 4.78 is 0. The molecule has 0 spiro atoms. The molecule has 2 heteroatoms. The van der Waals surface area contributed by atoms with Crippen molar-refractivity contribution in [2.24, 2.45) is 5.92 Å². The van der Waals surface area contributed by atoms with Crippen LogP contribution < -0.4 is 5.32 Å². The molecule has 0 amide bonds. The molecule has 1 nitrogen and oxygen atoms in total. The molecule has 0 bridgehead atoms. The monoisotopic (exact) mass is 235 g/mol. The van der Waals surface area contributed by atoms with Gasteiger partial charge in [-0.15, -0.1) is 0 Å². The topological polar surface area (TPSA) is 12.0 Å². The van der Waals surface area contributed by atoms with Gasteiger partial charge in [-0.2, -0.15) is 11.8 Å². The van der Waals surface area contributed by atoms with Crippen molar-refractivity contribution < 1.29 is 0 Å². The van der Waals surface area contributed by atoms with E-state index in [1.165, 1.54) is 24.2 Å². The van der Waals surface area contributed by atoms with E-state index in [1.54, 1.807) is 0 Å². The highest BCUT2D eigenvalue weighted by molar-refractivity contribution is 7.98. The Labute approximate surface area is 103 Å². The predicted molar refractivity (Wildman–Crippen MR) is 72.9 cm³/mol. The highest BCUT2D eigenvalue weighted by Gasteiger charge is 2.32. The molecule has 1 N–H and O–H groups in total. The summed E-state index contributed by atoms with van der Waals surface area (Å²) in [6, 6.07) is 12.1. The van der Waals surface area contributed by atoms with Gasteiger partial charge in [0, 0.05) is 17.8 Å². The lowest BCUT2D eigenvalue weighted by molar-refractivity contribution is 0.440. The van der Waals surface area contributed by atoms with E-state index in [0.717, 1.165) is 5.92 Å². The third-order valence-corrected chi connectivity index (χ3v) is 3.97. The fourth-order valence-corrected chi connectivity index (χ4v) is 2.80. The number of benzene rings is 1. The molecule has 1 saturated carbocycles. The number of thioether (sulfide) groups is 1. The number of hydrogen-bond donors (Lipinski definition) is 1. The van der Waals surface area contributed by atoms with E-state index >= 15 is 0 Å². The Morgan fingerprint density at radius 3 is 2.56 bits per heavy atom. The lowest BCUT2D eigenvalue weighted by atomic mass is 10.0. The van der Waals surface area contributed by atoms with Crippen LogP contribution in [-0.2, 0) is 0 Å². The smallest absolute Gasteiger partial charge is 0.0351 e. The molecule has 2 unspecified atom stereocenters. The van der Waals surface area contributed by atoms with Crippen LogP contribution in [-0.4, -0.2) is 18.1 Å². The molecule has 0 aliphatic heterocycles. The Balaban J connectivity index is 2.00. The molecular weight excluding hydrogens is 214 g/mol. The minimum absolute atomic E-state index is 0.573. The second-order valence-electron chi connectivity index (χ2n) is 4.75. The van der Waals surface area contributed by atoms with Gasteiger partial charge in [0.05, 0.1) is 0 Å². The number of hydrogen-bond acceptors (Lipinski definition) is 2. The van der Waals surface area contributed by atoms with Gasteiger partial charge in [-0.25, -0.2) is 0 Å². The molecule has 1 aliphatic carbocycles. The molecular formula is C14H21NS. The highest BCUT2D eigenvalue weighted by Crippen LogP contribution is 2.41. The van der Waals surface area contributed by atoms with E-state index in [0.29, 0.717) is 12.1 Å². The van der Waals surface area contributed by atoms with Crippen LogP contribution in [0.4, 0.5) is 0 Å². The summed E-state index contributed by atoms with van der Waals surface area (Å²) in [7, 11) is 0. The first-order chi connectivity index (χ1) is 7.81. The zero-order valence-corrected chi connectivity index (χ0v) is 11.0. The van der Waals surface area contributed by atoms with E-state index in [1.807, 2.05) is 11.8 Å². The van der Waals surface area contributed by atoms with Crippen LogP contribution in [0.25, 0.3) is 0 Å². The molecule has 1 aliphatic rings. The molecule has 88 valence electrons. The van der Waals surface area contributed by atoms with Crippen molar-refractivity contribution in [3.05, 3.63) is 35.9 Å². The Hall–Kier alpha value is -0.470. The standard InChI is InChI=1S/C14H21NS/c1-11(10-16-2)15-14(13-8-9-13)12-6-4-3-5-7-12/h3-7,11,13-15H,8-10H2,1-2H3. The van der Waals surface area contributed by atoms with Gasteiger partial charge in [0.2, 0.25) is 0 Å². The van der Waals surface area contributed by atoms with E-state index in [-0.39, 0.29) is 0 Å². The van der Waals surface area contributed by atoms with Crippen molar-refractivity contribution in [1.82, 2.24) is 5.32 Å². The number of rotatable bonds is 6. The van der Waals surface area contributed by atoms with Gasteiger partial charge in [-0.05, 0) is 37.5 Å². The van der Waals surface area contributed by atoms with E-state index in [9.17, 15) is 0 Å². The maximum Gasteiger partial charge on any atom is 0.0351 e. The maximum atomic E-state index is 3.78. The number of nitrogens with one attached hydrogen (secondary N) is 1. The summed E-state index contributed by atoms with van der Waals surface area (Å²) in [6.45, 7) is 2.29. The molecule has 2 atom stereocenters. The van der Waals surface area contributed by atoms with Crippen LogP contribution in [0.1, 0.15) is 31.4 Å². The van der Waals surface area contributed by atoms with Crippen molar-refractivity contribution in [2.45, 2.75) is 31.8 Å². The SMILES string of the molecule is CSCC(C)NC(c1ccccc1)C1CC1. The van der Waals surface area contributed by atoms with E-state index < -0.39 is 0 Å². The summed E-state index contributed by atoms with van der Waals surface area (Å²) in [5.74, 6) is 2.06. The Bertz CT molecular complexity index is 308.